The van der Waals surface area contributed by atoms with Crippen LogP contribution in [0.25, 0.3) is 6.08 Å². The van der Waals surface area contributed by atoms with Gasteiger partial charge in [-0.05, 0) is 80.5 Å². The number of rotatable bonds is 12. The van der Waals surface area contributed by atoms with E-state index in [1.54, 1.807) is 11.3 Å². The summed E-state index contributed by atoms with van der Waals surface area (Å²) in [5.41, 5.74) is 0.922. The topological polar surface area (TPSA) is 87.2 Å². The largest absolute Gasteiger partial charge is 0.458 e. The van der Waals surface area contributed by atoms with Crippen LogP contribution in [-0.2, 0) is 27.9 Å². The molecule has 3 heterocycles. The van der Waals surface area contributed by atoms with E-state index in [2.05, 4.69) is 60.4 Å². The number of aromatic nitrogens is 1. The number of nitrogens with zero attached hydrogens (tertiary/aromatic N) is 1. The van der Waals surface area contributed by atoms with Crippen LogP contribution >= 0.6 is 11.3 Å². The first kappa shape index (κ1) is 41.2. The number of fused-ring (bicyclic) bond motifs is 1. The summed E-state index contributed by atoms with van der Waals surface area (Å²) in [5.74, 6) is -0.307. The normalized spacial score (nSPS) is 29.8. The molecule has 7 atom stereocenters. The molecule has 1 aromatic rings. The summed E-state index contributed by atoms with van der Waals surface area (Å²) in [7, 11) is -4.21. The number of esters is 1. The first-order valence-electron chi connectivity index (χ1n) is 19.0. The molecule has 7 nitrogen and oxygen atoms in total. The quantitative estimate of drug-likeness (QED) is 0.121. The molecule has 0 spiro atoms. The molecule has 0 aromatic carbocycles. The number of ketones is 1. The van der Waals surface area contributed by atoms with Gasteiger partial charge in [0.1, 0.15) is 11.9 Å². The van der Waals surface area contributed by atoms with Crippen LogP contribution in [0.4, 0.5) is 0 Å². The number of epoxide rings is 1. The Bertz CT molecular complexity index is 1210. The van der Waals surface area contributed by atoms with Crippen molar-refractivity contribution < 1.29 is 27.9 Å². The minimum absolute atomic E-state index is 0.0351. The van der Waals surface area contributed by atoms with Gasteiger partial charge in [0.15, 0.2) is 16.6 Å². The van der Waals surface area contributed by atoms with Crippen molar-refractivity contribution >= 4 is 45.8 Å². The summed E-state index contributed by atoms with van der Waals surface area (Å²) in [6.07, 6.45) is 4.65. The SMILES string of the molecule is CC[Si](CC)(CC)O[C@H]1[C@@H](C)CCC[C@H]2O[C@H]2C[C@@H](C(C)=Cc2csc(C)n2)OC(=O)C[C@H](O[Si](CC)(CC)CC)C(C)(C)C(=O)[C@@H]1C. The number of Topliss-reactive ketones (excluding diaryl/α,β-unsaturated/α-hetero) is 1. The maximum absolute atomic E-state index is 14.9. The van der Waals surface area contributed by atoms with Gasteiger partial charge >= 0.3 is 5.97 Å². The van der Waals surface area contributed by atoms with Gasteiger partial charge in [-0.1, -0.05) is 75.7 Å². The van der Waals surface area contributed by atoms with Crippen molar-refractivity contribution in [2.45, 2.75) is 182 Å². The fraction of sp³-hybridized carbons (Fsp3) is 0.816. The average molecular weight is 722 g/mol. The van der Waals surface area contributed by atoms with E-state index < -0.39 is 34.3 Å². The zero-order valence-electron chi connectivity index (χ0n) is 32.3. The summed E-state index contributed by atoms with van der Waals surface area (Å²) in [6.45, 7) is 25.7. The van der Waals surface area contributed by atoms with E-state index in [0.717, 1.165) is 71.8 Å². The highest BCUT2D eigenvalue weighted by Crippen LogP contribution is 2.41. The molecule has 48 heavy (non-hydrogen) atoms. The molecule has 0 unspecified atom stereocenters. The Kier molecular flexibility index (Phi) is 15.3. The highest BCUT2D eigenvalue weighted by atomic mass is 32.1. The first-order chi connectivity index (χ1) is 22.6. The molecule has 0 aliphatic carbocycles. The lowest BCUT2D eigenvalue weighted by Crippen LogP contribution is -2.53. The predicted molar refractivity (Wildman–Crippen MR) is 203 cm³/mol. The number of thiazole rings is 1. The molecule has 0 amide bonds. The third-order valence-electron chi connectivity index (χ3n) is 12.0. The van der Waals surface area contributed by atoms with Crippen LogP contribution in [0.2, 0.25) is 36.3 Å². The number of carbonyl (C=O) groups excluding carboxylic acids is 2. The van der Waals surface area contributed by atoms with E-state index in [4.69, 9.17) is 18.3 Å². The van der Waals surface area contributed by atoms with E-state index in [1.807, 2.05) is 39.2 Å². The summed E-state index contributed by atoms with van der Waals surface area (Å²) in [4.78, 5) is 33.5. The molecular weight excluding hydrogens is 655 g/mol. The molecule has 10 heteroatoms. The molecule has 2 fully saturated rings. The van der Waals surface area contributed by atoms with Crippen molar-refractivity contribution in [3.05, 3.63) is 21.7 Å². The maximum atomic E-state index is 14.9. The number of aryl methyl sites for hydroxylation is 1. The van der Waals surface area contributed by atoms with Gasteiger partial charge in [-0.3, -0.25) is 9.59 Å². The second kappa shape index (κ2) is 17.8. The summed E-state index contributed by atoms with van der Waals surface area (Å²) in [6, 6.07) is 5.92. The Balaban J connectivity index is 2.05. The molecule has 1 aromatic heterocycles. The molecule has 2 aliphatic heterocycles. The molecule has 0 bridgehead atoms. The van der Waals surface area contributed by atoms with Gasteiger partial charge in [-0.25, -0.2) is 4.98 Å². The first-order valence-corrected chi connectivity index (χ1v) is 24.9. The highest BCUT2D eigenvalue weighted by molar-refractivity contribution is 7.09. The van der Waals surface area contributed by atoms with Gasteiger partial charge in [0.05, 0.1) is 41.5 Å². The Hall–Kier alpha value is -1.18. The molecule has 0 radical (unpaired) electrons. The number of carbonyl (C=O) groups is 2. The highest BCUT2D eigenvalue weighted by Gasteiger charge is 2.49. The van der Waals surface area contributed by atoms with Crippen LogP contribution in [0.5, 0.6) is 0 Å². The lowest BCUT2D eigenvalue weighted by Gasteiger charge is -2.44. The molecule has 274 valence electrons. The lowest BCUT2D eigenvalue weighted by atomic mass is 9.73. The van der Waals surface area contributed by atoms with Crippen LogP contribution in [-0.4, -0.2) is 63.9 Å². The molecule has 2 aliphatic rings. The number of hydrogen-bond donors (Lipinski definition) is 0. The smallest absolute Gasteiger partial charge is 0.309 e. The maximum Gasteiger partial charge on any atom is 0.309 e. The Labute approximate surface area is 298 Å². The lowest BCUT2D eigenvalue weighted by molar-refractivity contribution is -0.153. The minimum atomic E-state index is -2.20. The van der Waals surface area contributed by atoms with Gasteiger partial charge in [0, 0.05) is 23.1 Å². The second-order valence-corrected chi connectivity index (χ2v) is 25.8. The van der Waals surface area contributed by atoms with Crippen LogP contribution in [0, 0.1) is 24.2 Å². The average Bonchev–Trinajstić information content (AvgIpc) is 3.68. The molecule has 0 N–H and O–H groups in total. The van der Waals surface area contributed by atoms with Gasteiger partial charge < -0.3 is 18.3 Å². The fourth-order valence-electron chi connectivity index (χ4n) is 7.75. The van der Waals surface area contributed by atoms with E-state index in [-0.39, 0.29) is 48.3 Å². The van der Waals surface area contributed by atoms with Gasteiger partial charge in [-0.15, -0.1) is 11.3 Å². The summed E-state index contributed by atoms with van der Waals surface area (Å²) >= 11 is 1.61. The van der Waals surface area contributed by atoms with Gasteiger partial charge in [-0.2, -0.15) is 0 Å². The molecule has 2 saturated heterocycles. The van der Waals surface area contributed by atoms with Crippen molar-refractivity contribution in [3.8, 4) is 0 Å². The van der Waals surface area contributed by atoms with E-state index in [0.29, 0.717) is 6.42 Å². The zero-order chi connectivity index (χ0) is 35.9. The monoisotopic (exact) mass is 721 g/mol. The van der Waals surface area contributed by atoms with Gasteiger partial charge in [0.25, 0.3) is 0 Å². The van der Waals surface area contributed by atoms with Crippen molar-refractivity contribution in [3.63, 3.8) is 0 Å². The molecule has 0 saturated carbocycles. The van der Waals surface area contributed by atoms with Crippen molar-refractivity contribution in [1.29, 1.82) is 0 Å². The fourth-order valence-corrected chi connectivity index (χ4v) is 14.3. The van der Waals surface area contributed by atoms with Crippen molar-refractivity contribution in [2.75, 3.05) is 0 Å². The molecule has 3 rings (SSSR count). The van der Waals surface area contributed by atoms with Crippen LogP contribution in [0.1, 0.15) is 119 Å². The second-order valence-electron chi connectivity index (χ2n) is 15.3. The number of ether oxygens (including phenoxy) is 2. The van der Waals surface area contributed by atoms with E-state index in [9.17, 15) is 9.59 Å². The third-order valence-corrected chi connectivity index (χ3v) is 22.1. The van der Waals surface area contributed by atoms with Crippen molar-refractivity contribution in [2.24, 2.45) is 17.3 Å². The predicted octanol–water partition coefficient (Wildman–Crippen LogP) is 10.1. The van der Waals surface area contributed by atoms with Crippen LogP contribution < -0.4 is 0 Å². The minimum Gasteiger partial charge on any atom is -0.458 e. The standard InChI is InChI=1S/C38H67NO6SSi2/c1-13-47(14-2,15-3)44-34-24-35(40)43-32(27(8)22-30-25-46-29(10)39-30)23-33-31(42-33)21-19-20-26(7)36(28(9)37(41)38(34,11)12)45-48(16-4,17-5)18-6/h22,25-26,28,31-34,36H,13-21,23-24H2,1-12H3/t26-,28+,31+,32-,33-,34-,36-/m0/s1. The number of cyclic esters (lactones) is 1. The third kappa shape index (κ3) is 10.2. The molecular formula is C38H67NO6SSi2. The Morgan fingerprint density at radius 1 is 0.958 bits per heavy atom. The summed E-state index contributed by atoms with van der Waals surface area (Å²) in [5, 5.41) is 3.03. The Morgan fingerprint density at radius 2 is 1.54 bits per heavy atom. The van der Waals surface area contributed by atoms with Crippen molar-refractivity contribution in [1.82, 2.24) is 4.98 Å². The number of hydrogen-bond acceptors (Lipinski definition) is 8. The zero-order valence-corrected chi connectivity index (χ0v) is 35.1. The summed E-state index contributed by atoms with van der Waals surface area (Å²) < 4.78 is 26.9. The van der Waals surface area contributed by atoms with Crippen LogP contribution in [0.15, 0.2) is 11.0 Å². The van der Waals surface area contributed by atoms with Crippen LogP contribution in [0.3, 0.4) is 0 Å². The van der Waals surface area contributed by atoms with E-state index in [1.165, 1.54) is 0 Å². The van der Waals surface area contributed by atoms with Gasteiger partial charge in [0.2, 0.25) is 0 Å². The Morgan fingerprint density at radius 3 is 2.08 bits per heavy atom. The van der Waals surface area contributed by atoms with E-state index >= 15 is 0 Å².